The Kier molecular flexibility index (Phi) is 5.16. The molecule has 0 bridgehead atoms. The second kappa shape index (κ2) is 5.31. The van der Waals surface area contributed by atoms with Crippen molar-refractivity contribution in [1.82, 2.24) is 0 Å². The standard InChI is InChI=1S/C7H14NO3P/c1-7(2)6-11-12(3,9)10-5-4-8/h7H,5-6H2,1-3H3. The molecule has 0 N–H and O–H groups in total. The van der Waals surface area contributed by atoms with Crippen LogP contribution >= 0.6 is 7.60 Å². The summed E-state index contributed by atoms with van der Waals surface area (Å²) in [5, 5.41) is 8.16. The zero-order chi connectivity index (χ0) is 9.61. The smallest absolute Gasteiger partial charge is 0.308 e. The van der Waals surface area contributed by atoms with Gasteiger partial charge in [-0.3, -0.25) is 9.09 Å². The van der Waals surface area contributed by atoms with Gasteiger partial charge in [0.05, 0.1) is 12.7 Å². The number of hydrogen-bond acceptors (Lipinski definition) is 4. The van der Waals surface area contributed by atoms with Crippen molar-refractivity contribution < 1.29 is 13.6 Å². The zero-order valence-electron chi connectivity index (χ0n) is 7.61. The first kappa shape index (κ1) is 11.6. The minimum Gasteiger partial charge on any atom is -0.308 e. The Labute approximate surface area is 73.0 Å². The Balaban J connectivity index is 3.73. The van der Waals surface area contributed by atoms with E-state index in [0.717, 1.165) is 0 Å². The molecule has 0 aromatic heterocycles. The molecule has 0 amide bonds. The van der Waals surface area contributed by atoms with Crippen molar-refractivity contribution in [2.75, 3.05) is 19.9 Å². The van der Waals surface area contributed by atoms with E-state index in [4.69, 9.17) is 14.3 Å². The van der Waals surface area contributed by atoms with Gasteiger partial charge in [0.25, 0.3) is 0 Å². The third kappa shape index (κ3) is 6.36. The van der Waals surface area contributed by atoms with Crippen molar-refractivity contribution in [3.63, 3.8) is 0 Å². The first-order chi connectivity index (χ1) is 5.48. The lowest BCUT2D eigenvalue weighted by atomic mass is 10.2. The Morgan fingerprint density at radius 2 is 2.08 bits per heavy atom. The van der Waals surface area contributed by atoms with Crippen molar-refractivity contribution in [3.05, 3.63) is 0 Å². The molecule has 0 spiro atoms. The van der Waals surface area contributed by atoms with Crippen LogP contribution in [0.5, 0.6) is 0 Å². The lowest BCUT2D eigenvalue weighted by molar-refractivity contribution is 0.204. The molecule has 0 heterocycles. The van der Waals surface area contributed by atoms with Crippen molar-refractivity contribution in [2.24, 2.45) is 5.92 Å². The average Bonchev–Trinajstić information content (AvgIpc) is 1.98. The zero-order valence-corrected chi connectivity index (χ0v) is 8.51. The highest BCUT2D eigenvalue weighted by Gasteiger charge is 2.16. The van der Waals surface area contributed by atoms with Gasteiger partial charge in [-0.1, -0.05) is 13.8 Å². The number of rotatable bonds is 5. The molecule has 0 aliphatic heterocycles. The van der Waals surface area contributed by atoms with E-state index in [2.05, 4.69) is 0 Å². The van der Waals surface area contributed by atoms with E-state index in [-0.39, 0.29) is 6.61 Å². The molecule has 5 heteroatoms. The van der Waals surface area contributed by atoms with E-state index in [1.807, 2.05) is 13.8 Å². The van der Waals surface area contributed by atoms with Crippen LogP contribution in [0.1, 0.15) is 13.8 Å². The van der Waals surface area contributed by atoms with Crippen LogP contribution in [-0.2, 0) is 13.6 Å². The van der Waals surface area contributed by atoms with Gasteiger partial charge in [-0.05, 0) is 5.92 Å². The maximum absolute atomic E-state index is 11.3. The summed E-state index contributed by atoms with van der Waals surface area (Å²) in [6, 6.07) is 1.74. The van der Waals surface area contributed by atoms with Crippen LogP contribution in [0.2, 0.25) is 0 Å². The molecule has 0 saturated heterocycles. The lowest BCUT2D eigenvalue weighted by Crippen LogP contribution is -2.02. The molecule has 70 valence electrons. The van der Waals surface area contributed by atoms with Crippen LogP contribution in [0.25, 0.3) is 0 Å². The van der Waals surface area contributed by atoms with Crippen LogP contribution in [0, 0.1) is 17.2 Å². The Morgan fingerprint density at radius 1 is 1.50 bits per heavy atom. The van der Waals surface area contributed by atoms with Crippen molar-refractivity contribution in [2.45, 2.75) is 13.8 Å². The molecule has 1 unspecified atom stereocenters. The fourth-order valence-electron chi connectivity index (χ4n) is 0.468. The van der Waals surface area contributed by atoms with E-state index in [1.165, 1.54) is 6.66 Å². The van der Waals surface area contributed by atoms with E-state index < -0.39 is 7.60 Å². The summed E-state index contributed by atoms with van der Waals surface area (Å²) in [5.41, 5.74) is 0. The van der Waals surface area contributed by atoms with Gasteiger partial charge in [0, 0.05) is 6.66 Å². The average molecular weight is 191 g/mol. The van der Waals surface area contributed by atoms with Gasteiger partial charge in [-0.15, -0.1) is 0 Å². The third-order valence-electron chi connectivity index (χ3n) is 1.01. The van der Waals surface area contributed by atoms with Crippen LogP contribution in [-0.4, -0.2) is 19.9 Å². The normalized spacial score (nSPS) is 15.6. The van der Waals surface area contributed by atoms with Crippen LogP contribution < -0.4 is 0 Å². The second-order valence-corrected chi connectivity index (χ2v) is 4.95. The molecular weight excluding hydrogens is 177 g/mol. The molecular formula is C7H14NO3P. The molecule has 4 nitrogen and oxygen atoms in total. The monoisotopic (exact) mass is 191 g/mol. The first-order valence-electron chi connectivity index (χ1n) is 3.71. The van der Waals surface area contributed by atoms with E-state index in [1.54, 1.807) is 6.07 Å². The van der Waals surface area contributed by atoms with Gasteiger partial charge in [-0.2, -0.15) is 5.26 Å². The summed E-state index contributed by atoms with van der Waals surface area (Å²) < 4.78 is 21.0. The molecule has 12 heavy (non-hydrogen) atoms. The highest BCUT2D eigenvalue weighted by Crippen LogP contribution is 2.43. The number of hydrogen-bond donors (Lipinski definition) is 0. The van der Waals surface area contributed by atoms with Crippen molar-refractivity contribution >= 4 is 7.60 Å². The van der Waals surface area contributed by atoms with Crippen LogP contribution in [0.15, 0.2) is 0 Å². The Bertz CT molecular complexity index is 209. The van der Waals surface area contributed by atoms with Gasteiger partial charge in [0.15, 0.2) is 0 Å². The predicted octanol–water partition coefficient (Wildman–Crippen LogP) is 2.02. The third-order valence-corrected chi connectivity index (χ3v) is 2.22. The molecule has 0 radical (unpaired) electrons. The Morgan fingerprint density at radius 3 is 2.50 bits per heavy atom. The second-order valence-electron chi connectivity index (χ2n) is 2.89. The van der Waals surface area contributed by atoms with E-state index in [9.17, 15) is 4.57 Å². The van der Waals surface area contributed by atoms with Gasteiger partial charge in [0.2, 0.25) is 0 Å². The quantitative estimate of drug-likeness (QED) is 0.624. The molecule has 0 fully saturated rings. The molecule has 1 atom stereocenters. The van der Waals surface area contributed by atoms with Gasteiger partial charge < -0.3 is 4.52 Å². The van der Waals surface area contributed by atoms with Crippen LogP contribution in [0.4, 0.5) is 0 Å². The topological polar surface area (TPSA) is 59.3 Å². The first-order valence-corrected chi connectivity index (χ1v) is 5.70. The summed E-state index contributed by atoms with van der Waals surface area (Å²) in [4.78, 5) is 0. The molecule has 0 rings (SSSR count). The maximum Gasteiger partial charge on any atom is 0.328 e. The van der Waals surface area contributed by atoms with E-state index >= 15 is 0 Å². The summed E-state index contributed by atoms with van der Waals surface area (Å²) >= 11 is 0. The van der Waals surface area contributed by atoms with Crippen molar-refractivity contribution in [1.29, 1.82) is 5.26 Å². The number of nitrogens with zero attached hydrogens (tertiary/aromatic N) is 1. The van der Waals surface area contributed by atoms with Crippen LogP contribution in [0.3, 0.4) is 0 Å². The van der Waals surface area contributed by atoms with E-state index in [0.29, 0.717) is 12.5 Å². The fourth-order valence-corrected chi connectivity index (χ4v) is 1.40. The van der Waals surface area contributed by atoms with Gasteiger partial charge >= 0.3 is 7.60 Å². The minimum atomic E-state index is -2.99. The molecule has 0 aliphatic rings. The highest BCUT2D eigenvalue weighted by molar-refractivity contribution is 7.52. The molecule has 0 aromatic carbocycles. The number of nitriles is 1. The molecule has 0 aliphatic carbocycles. The molecule has 0 aromatic rings. The summed E-state index contributed by atoms with van der Waals surface area (Å²) in [5.74, 6) is 0.309. The summed E-state index contributed by atoms with van der Waals surface area (Å²) in [6.07, 6.45) is 0. The summed E-state index contributed by atoms with van der Waals surface area (Å²) in [6.45, 7) is 5.46. The largest absolute Gasteiger partial charge is 0.328 e. The lowest BCUT2D eigenvalue weighted by Gasteiger charge is -2.13. The fraction of sp³-hybridized carbons (Fsp3) is 0.857. The summed E-state index contributed by atoms with van der Waals surface area (Å²) in [7, 11) is -2.99. The highest BCUT2D eigenvalue weighted by atomic mass is 31.2. The SMILES string of the molecule is CC(C)COP(C)(=O)OCC#N. The minimum absolute atomic E-state index is 0.189. The van der Waals surface area contributed by atoms with Gasteiger partial charge in [-0.25, -0.2) is 0 Å². The molecule has 0 saturated carbocycles. The Hall–Kier alpha value is -0.360. The van der Waals surface area contributed by atoms with Gasteiger partial charge in [0.1, 0.15) is 6.61 Å². The van der Waals surface area contributed by atoms with Crippen molar-refractivity contribution in [3.8, 4) is 6.07 Å². The predicted molar refractivity (Wildman–Crippen MR) is 45.9 cm³/mol. The maximum atomic E-state index is 11.3.